The van der Waals surface area contributed by atoms with Crippen molar-refractivity contribution in [2.75, 3.05) is 13.2 Å². The van der Waals surface area contributed by atoms with Gasteiger partial charge in [-0.25, -0.2) is 0 Å². The number of amides is 2. The van der Waals surface area contributed by atoms with Crippen LogP contribution in [0.25, 0.3) is 6.08 Å². The van der Waals surface area contributed by atoms with Gasteiger partial charge in [-0.3, -0.25) is 14.5 Å². The van der Waals surface area contributed by atoms with Crippen LogP contribution in [0.2, 0.25) is 0 Å². The number of carbonyl (C=O) groups is 2. The second kappa shape index (κ2) is 9.80. The van der Waals surface area contributed by atoms with Gasteiger partial charge < -0.3 is 9.47 Å². The van der Waals surface area contributed by atoms with Crippen LogP contribution in [0.15, 0.2) is 64.5 Å². The van der Waals surface area contributed by atoms with Crippen LogP contribution in [0.1, 0.15) is 18.1 Å². The summed E-state index contributed by atoms with van der Waals surface area (Å²) in [6.07, 6.45) is 3.36. The molecule has 150 valence electrons. The standard InChI is InChI=1S/C22H20BrNO4S/c1-3-10-28-18-9-8-15(12-19(18)27-4-2)13-20-21(25)24(22(26)29-20)14-16-6-5-7-17(23)11-16/h3,5-9,11-13H,1,4,10,14H2,2H3/b20-13+. The van der Waals surface area contributed by atoms with Crippen LogP contribution in [-0.2, 0) is 11.3 Å². The smallest absolute Gasteiger partial charge is 0.293 e. The zero-order chi connectivity index (χ0) is 20.8. The third-order valence-corrected chi connectivity index (χ3v) is 5.43. The fraction of sp³-hybridized carbons (Fsp3) is 0.182. The summed E-state index contributed by atoms with van der Waals surface area (Å²) in [7, 11) is 0. The topological polar surface area (TPSA) is 55.8 Å². The van der Waals surface area contributed by atoms with Gasteiger partial charge in [-0.05, 0) is 60.2 Å². The van der Waals surface area contributed by atoms with E-state index in [0.29, 0.717) is 29.6 Å². The van der Waals surface area contributed by atoms with E-state index in [2.05, 4.69) is 22.5 Å². The molecule has 1 aliphatic rings. The maximum atomic E-state index is 12.8. The Morgan fingerprint density at radius 2 is 1.97 bits per heavy atom. The number of ether oxygens (including phenoxy) is 2. The van der Waals surface area contributed by atoms with Crippen molar-refractivity contribution < 1.29 is 19.1 Å². The number of halogens is 1. The molecular formula is C22H20BrNO4S. The summed E-state index contributed by atoms with van der Waals surface area (Å²) in [6, 6.07) is 13.0. The van der Waals surface area contributed by atoms with Gasteiger partial charge in [0.1, 0.15) is 6.61 Å². The number of carbonyl (C=O) groups excluding carboxylic acids is 2. The summed E-state index contributed by atoms with van der Waals surface area (Å²) in [5.41, 5.74) is 1.64. The van der Waals surface area contributed by atoms with Crippen molar-refractivity contribution in [2.24, 2.45) is 0 Å². The zero-order valence-electron chi connectivity index (χ0n) is 15.9. The molecule has 0 saturated carbocycles. The third-order valence-electron chi connectivity index (χ3n) is 4.03. The van der Waals surface area contributed by atoms with Gasteiger partial charge in [0.2, 0.25) is 0 Å². The largest absolute Gasteiger partial charge is 0.490 e. The van der Waals surface area contributed by atoms with E-state index in [1.54, 1.807) is 24.3 Å². The van der Waals surface area contributed by atoms with E-state index in [0.717, 1.165) is 27.4 Å². The van der Waals surface area contributed by atoms with Crippen molar-refractivity contribution in [2.45, 2.75) is 13.5 Å². The third kappa shape index (κ3) is 5.31. The van der Waals surface area contributed by atoms with E-state index in [-0.39, 0.29) is 17.7 Å². The Balaban J connectivity index is 1.81. The molecule has 0 atom stereocenters. The van der Waals surface area contributed by atoms with Crippen LogP contribution >= 0.6 is 27.7 Å². The van der Waals surface area contributed by atoms with Crippen molar-refractivity contribution >= 4 is 44.9 Å². The molecule has 0 N–H and O–H groups in total. The molecule has 2 aromatic carbocycles. The van der Waals surface area contributed by atoms with Crippen LogP contribution in [0.3, 0.4) is 0 Å². The highest BCUT2D eigenvalue weighted by Crippen LogP contribution is 2.35. The SMILES string of the molecule is C=CCOc1ccc(/C=C2/SC(=O)N(Cc3cccc(Br)c3)C2=O)cc1OCC. The normalized spacial score (nSPS) is 15.1. The minimum absolute atomic E-state index is 0.236. The Morgan fingerprint density at radius 3 is 2.69 bits per heavy atom. The Kier molecular flexibility index (Phi) is 7.17. The second-order valence-corrected chi connectivity index (χ2v) is 8.05. The maximum Gasteiger partial charge on any atom is 0.293 e. The lowest BCUT2D eigenvalue weighted by Crippen LogP contribution is -2.27. The number of rotatable bonds is 8. The van der Waals surface area contributed by atoms with Gasteiger partial charge in [0.25, 0.3) is 11.1 Å². The molecule has 2 aromatic rings. The lowest BCUT2D eigenvalue weighted by molar-refractivity contribution is -0.123. The Labute approximate surface area is 182 Å². The Morgan fingerprint density at radius 1 is 1.14 bits per heavy atom. The van der Waals surface area contributed by atoms with Gasteiger partial charge in [-0.2, -0.15) is 0 Å². The quantitative estimate of drug-likeness (QED) is 0.366. The summed E-state index contributed by atoms with van der Waals surface area (Å²) in [5, 5.41) is -0.280. The van der Waals surface area contributed by atoms with E-state index >= 15 is 0 Å². The van der Waals surface area contributed by atoms with E-state index < -0.39 is 0 Å². The monoisotopic (exact) mass is 473 g/mol. The molecule has 1 saturated heterocycles. The predicted molar refractivity (Wildman–Crippen MR) is 119 cm³/mol. The molecule has 0 radical (unpaired) electrons. The zero-order valence-corrected chi connectivity index (χ0v) is 18.3. The molecule has 5 nitrogen and oxygen atoms in total. The first kappa shape index (κ1) is 21.2. The van der Waals surface area contributed by atoms with E-state index in [9.17, 15) is 9.59 Å². The van der Waals surface area contributed by atoms with Gasteiger partial charge in [0, 0.05) is 4.47 Å². The highest BCUT2D eigenvalue weighted by molar-refractivity contribution is 9.10. The molecular weight excluding hydrogens is 454 g/mol. The van der Waals surface area contributed by atoms with Gasteiger partial charge in [-0.15, -0.1) is 0 Å². The molecule has 1 heterocycles. The van der Waals surface area contributed by atoms with Gasteiger partial charge in [-0.1, -0.05) is 46.8 Å². The molecule has 0 bridgehead atoms. The molecule has 7 heteroatoms. The van der Waals surface area contributed by atoms with E-state index in [1.807, 2.05) is 37.3 Å². The summed E-state index contributed by atoms with van der Waals surface area (Å²) < 4.78 is 12.1. The second-order valence-electron chi connectivity index (χ2n) is 6.14. The van der Waals surface area contributed by atoms with Crippen LogP contribution in [0, 0.1) is 0 Å². The molecule has 3 rings (SSSR count). The average molecular weight is 474 g/mol. The Hall–Kier alpha value is -2.51. The number of hydrogen-bond donors (Lipinski definition) is 0. The lowest BCUT2D eigenvalue weighted by Gasteiger charge is -2.13. The maximum absolute atomic E-state index is 12.8. The molecule has 0 unspecified atom stereocenters. The summed E-state index contributed by atoms with van der Waals surface area (Å²) >= 11 is 4.35. The highest BCUT2D eigenvalue weighted by atomic mass is 79.9. The van der Waals surface area contributed by atoms with Gasteiger partial charge in [0.15, 0.2) is 11.5 Å². The summed E-state index contributed by atoms with van der Waals surface area (Å²) in [6.45, 7) is 6.61. The van der Waals surface area contributed by atoms with Crippen molar-refractivity contribution in [1.82, 2.24) is 4.90 Å². The van der Waals surface area contributed by atoms with E-state index in [1.165, 1.54) is 4.90 Å². The first-order valence-electron chi connectivity index (χ1n) is 9.02. The van der Waals surface area contributed by atoms with E-state index in [4.69, 9.17) is 9.47 Å². The minimum Gasteiger partial charge on any atom is -0.490 e. The van der Waals surface area contributed by atoms with Crippen LogP contribution < -0.4 is 9.47 Å². The van der Waals surface area contributed by atoms with Crippen LogP contribution in [0.5, 0.6) is 11.5 Å². The molecule has 1 fully saturated rings. The molecule has 2 amide bonds. The molecule has 1 aliphatic heterocycles. The Bertz CT molecular complexity index is 973. The number of hydrogen-bond acceptors (Lipinski definition) is 5. The van der Waals surface area contributed by atoms with Crippen LogP contribution in [0.4, 0.5) is 4.79 Å². The fourth-order valence-corrected chi connectivity index (χ4v) is 4.04. The summed E-state index contributed by atoms with van der Waals surface area (Å²) in [4.78, 5) is 26.8. The minimum atomic E-state index is -0.301. The number of imide groups is 1. The van der Waals surface area contributed by atoms with Crippen LogP contribution in [-0.4, -0.2) is 29.3 Å². The number of benzene rings is 2. The molecule has 29 heavy (non-hydrogen) atoms. The first-order valence-corrected chi connectivity index (χ1v) is 10.6. The first-order chi connectivity index (χ1) is 14.0. The molecule has 0 aliphatic carbocycles. The number of nitrogens with zero attached hydrogens (tertiary/aromatic N) is 1. The summed E-state index contributed by atoms with van der Waals surface area (Å²) in [5.74, 6) is 0.882. The molecule has 0 spiro atoms. The molecule has 0 aromatic heterocycles. The van der Waals surface area contributed by atoms with Crippen molar-refractivity contribution in [3.05, 3.63) is 75.6 Å². The van der Waals surface area contributed by atoms with Gasteiger partial charge in [0.05, 0.1) is 18.1 Å². The van der Waals surface area contributed by atoms with Crippen molar-refractivity contribution in [3.63, 3.8) is 0 Å². The van der Waals surface area contributed by atoms with Gasteiger partial charge >= 0.3 is 0 Å². The van der Waals surface area contributed by atoms with Crippen molar-refractivity contribution in [3.8, 4) is 11.5 Å². The lowest BCUT2D eigenvalue weighted by atomic mass is 10.1. The highest BCUT2D eigenvalue weighted by Gasteiger charge is 2.35. The van der Waals surface area contributed by atoms with Crippen molar-refractivity contribution in [1.29, 1.82) is 0 Å². The number of thioether (sulfide) groups is 1. The fourth-order valence-electron chi connectivity index (χ4n) is 2.76. The average Bonchev–Trinajstić information content (AvgIpc) is 2.95. The predicted octanol–water partition coefficient (Wildman–Crippen LogP) is 5.65.